The van der Waals surface area contributed by atoms with Gasteiger partial charge in [0, 0.05) is 0 Å². The monoisotopic (exact) mass is 220 g/mol. The molecule has 0 radical (unpaired) electrons. The molecule has 1 rings (SSSR count). The highest BCUT2D eigenvalue weighted by Crippen LogP contribution is 2.20. The van der Waals surface area contributed by atoms with E-state index in [0.29, 0.717) is 0 Å². The molecule has 0 saturated carbocycles. The van der Waals surface area contributed by atoms with Crippen LogP contribution >= 0.6 is 0 Å². The van der Waals surface area contributed by atoms with Crippen molar-refractivity contribution in [3.8, 4) is 0 Å². The average molecular weight is 220 g/mol. The predicted molar refractivity (Wildman–Crippen MR) is 44.7 cm³/mol. The number of nitrogen functional groups attached to an aromatic ring is 1. The number of hydrogen-bond donors (Lipinski definition) is 2. The zero-order valence-electron chi connectivity index (χ0n) is 7.38. The van der Waals surface area contributed by atoms with Gasteiger partial charge < -0.3 is 11.5 Å². The maximum absolute atomic E-state index is 12.0. The Balaban J connectivity index is 3.03. The Labute approximate surface area is 82.3 Å². The Morgan fingerprint density at radius 3 is 2.53 bits per heavy atom. The van der Waals surface area contributed by atoms with Crippen LogP contribution in [0.2, 0.25) is 0 Å². The van der Waals surface area contributed by atoms with Crippen LogP contribution in [-0.2, 0) is 6.42 Å². The Kier molecular flexibility index (Phi) is 2.78. The Hall–Kier alpha value is -1.86. The zero-order chi connectivity index (χ0) is 11.6. The van der Waals surface area contributed by atoms with Gasteiger partial charge in [-0.15, -0.1) is 0 Å². The number of hydrogen-bond acceptors (Lipinski definition) is 4. The van der Waals surface area contributed by atoms with E-state index >= 15 is 0 Å². The van der Waals surface area contributed by atoms with E-state index < -0.39 is 29.9 Å². The lowest BCUT2D eigenvalue weighted by Gasteiger charge is -2.06. The number of rotatable bonds is 2. The molecule has 0 fully saturated rings. The minimum atomic E-state index is -4.42. The third kappa shape index (κ3) is 3.08. The van der Waals surface area contributed by atoms with Crippen LogP contribution in [0.5, 0.6) is 0 Å². The van der Waals surface area contributed by atoms with Crippen LogP contribution in [0.3, 0.4) is 0 Å². The third-order valence-corrected chi connectivity index (χ3v) is 1.47. The van der Waals surface area contributed by atoms with E-state index in [-0.39, 0.29) is 5.82 Å². The van der Waals surface area contributed by atoms with Crippen LogP contribution in [0.15, 0.2) is 6.20 Å². The minimum Gasteiger partial charge on any atom is -0.382 e. The van der Waals surface area contributed by atoms with Crippen molar-refractivity contribution in [1.82, 2.24) is 9.97 Å². The number of primary amides is 1. The van der Waals surface area contributed by atoms with Crippen molar-refractivity contribution in [3.63, 3.8) is 0 Å². The molecule has 15 heavy (non-hydrogen) atoms. The number of carbonyl (C=O) groups is 1. The molecule has 1 aromatic heterocycles. The number of carbonyl (C=O) groups excluding carboxylic acids is 1. The molecule has 0 aliphatic rings. The van der Waals surface area contributed by atoms with Crippen LogP contribution in [0.1, 0.15) is 16.2 Å². The Morgan fingerprint density at radius 1 is 1.47 bits per heavy atom. The first-order valence-electron chi connectivity index (χ1n) is 3.77. The second-order valence-corrected chi connectivity index (χ2v) is 2.75. The number of aromatic nitrogens is 2. The molecule has 82 valence electrons. The van der Waals surface area contributed by atoms with Crippen molar-refractivity contribution in [2.75, 3.05) is 5.73 Å². The van der Waals surface area contributed by atoms with E-state index in [0.717, 1.165) is 6.20 Å². The first-order valence-corrected chi connectivity index (χ1v) is 3.77. The van der Waals surface area contributed by atoms with E-state index in [1.807, 2.05) is 0 Å². The first-order chi connectivity index (χ1) is 6.79. The van der Waals surface area contributed by atoms with Gasteiger partial charge in [0.1, 0.15) is 0 Å². The van der Waals surface area contributed by atoms with Gasteiger partial charge >= 0.3 is 6.18 Å². The van der Waals surface area contributed by atoms with Crippen molar-refractivity contribution in [2.45, 2.75) is 12.6 Å². The van der Waals surface area contributed by atoms with Crippen molar-refractivity contribution < 1.29 is 18.0 Å². The van der Waals surface area contributed by atoms with Gasteiger partial charge in [-0.1, -0.05) is 0 Å². The number of alkyl halides is 3. The van der Waals surface area contributed by atoms with Crippen LogP contribution in [0.4, 0.5) is 19.0 Å². The lowest BCUT2D eigenvalue weighted by molar-refractivity contribution is -0.127. The molecule has 0 aromatic carbocycles. The number of halogens is 3. The van der Waals surface area contributed by atoms with E-state index in [4.69, 9.17) is 11.5 Å². The summed E-state index contributed by atoms with van der Waals surface area (Å²) in [5.74, 6) is -1.29. The number of nitrogens with two attached hydrogens (primary N) is 2. The van der Waals surface area contributed by atoms with Gasteiger partial charge in [0.05, 0.1) is 18.3 Å². The molecular weight excluding hydrogens is 213 g/mol. The van der Waals surface area contributed by atoms with Gasteiger partial charge in [-0.3, -0.25) is 4.79 Å². The number of nitrogens with zero attached hydrogens (tertiary/aromatic N) is 2. The van der Waals surface area contributed by atoms with Crippen LogP contribution in [0, 0.1) is 0 Å². The van der Waals surface area contributed by atoms with Gasteiger partial charge in [-0.2, -0.15) is 13.2 Å². The molecular formula is C7H7F3N4O. The molecule has 1 amide bonds. The Bertz CT molecular complexity index is 390. The summed E-state index contributed by atoms with van der Waals surface area (Å²) in [6.07, 6.45) is -4.84. The molecule has 1 aromatic rings. The molecule has 8 heteroatoms. The van der Waals surface area contributed by atoms with Crippen molar-refractivity contribution >= 4 is 11.7 Å². The maximum Gasteiger partial charge on any atom is 0.394 e. The largest absolute Gasteiger partial charge is 0.394 e. The van der Waals surface area contributed by atoms with Gasteiger partial charge in [0.2, 0.25) is 0 Å². The summed E-state index contributed by atoms with van der Waals surface area (Å²) in [6, 6.07) is 0. The fraction of sp³-hybridized carbons (Fsp3) is 0.286. The van der Waals surface area contributed by atoms with E-state index in [9.17, 15) is 18.0 Å². The Morgan fingerprint density at radius 2 is 2.07 bits per heavy atom. The van der Waals surface area contributed by atoms with Crippen LogP contribution in [0.25, 0.3) is 0 Å². The summed E-state index contributed by atoms with van der Waals surface area (Å²) in [5.41, 5.74) is 9.20. The lowest BCUT2D eigenvalue weighted by Crippen LogP contribution is -2.20. The highest BCUT2D eigenvalue weighted by atomic mass is 19.4. The second-order valence-electron chi connectivity index (χ2n) is 2.75. The standard InChI is InChI=1S/C7H7F3N4O/c8-7(9,10)1-3-2-13-5(11)4(14-3)6(12)15/h2H,1H2,(H2,11,13)(H2,12,15). The topological polar surface area (TPSA) is 94.9 Å². The molecule has 5 nitrogen and oxygen atoms in total. The number of anilines is 1. The normalized spacial score (nSPS) is 11.4. The van der Waals surface area contributed by atoms with E-state index in [2.05, 4.69) is 9.97 Å². The van der Waals surface area contributed by atoms with Gasteiger partial charge in [-0.25, -0.2) is 9.97 Å². The smallest absolute Gasteiger partial charge is 0.382 e. The molecule has 1 heterocycles. The highest BCUT2D eigenvalue weighted by Gasteiger charge is 2.29. The zero-order valence-corrected chi connectivity index (χ0v) is 7.38. The summed E-state index contributed by atoms with van der Waals surface area (Å²) in [4.78, 5) is 17.5. The second kappa shape index (κ2) is 3.71. The maximum atomic E-state index is 12.0. The van der Waals surface area contributed by atoms with Gasteiger partial charge in [-0.05, 0) is 0 Å². The average Bonchev–Trinajstić information content (AvgIpc) is 2.05. The predicted octanol–water partition coefficient (Wildman–Crippen LogP) is 0.263. The van der Waals surface area contributed by atoms with Crippen LogP contribution in [-0.4, -0.2) is 22.1 Å². The lowest BCUT2D eigenvalue weighted by atomic mass is 10.3. The summed E-state index contributed by atoms with van der Waals surface area (Å²) < 4.78 is 35.9. The van der Waals surface area contributed by atoms with Crippen LogP contribution < -0.4 is 11.5 Å². The molecule has 0 atom stereocenters. The first kappa shape index (κ1) is 11.2. The van der Waals surface area contributed by atoms with Gasteiger partial charge in [0.15, 0.2) is 11.5 Å². The summed E-state index contributed by atoms with van der Waals surface area (Å²) in [6.45, 7) is 0. The quantitative estimate of drug-likeness (QED) is 0.747. The molecule has 0 unspecified atom stereocenters. The fourth-order valence-electron chi connectivity index (χ4n) is 0.907. The summed E-state index contributed by atoms with van der Waals surface area (Å²) in [5, 5.41) is 0. The number of amides is 1. The molecule has 0 saturated heterocycles. The minimum absolute atomic E-state index is 0.284. The third-order valence-electron chi connectivity index (χ3n) is 1.47. The van der Waals surface area contributed by atoms with Crippen molar-refractivity contribution in [1.29, 1.82) is 0 Å². The van der Waals surface area contributed by atoms with E-state index in [1.54, 1.807) is 0 Å². The highest BCUT2D eigenvalue weighted by molar-refractivity contribution is 5.94. The summed E-state index contributed by atoms with van der Waals surface area (Å²) >= 11 is 0. The van der Waals surface area contributed by atoms with Crippen molar-refractivity contribution in [3.05, 3.63) is 17.6 Å². The molecule has 0 aliphatic carbocycles. The summed E-state index contributed by atoms with van der Waals surface area (Å²) in [7, 11) is 0. The SMILES string of the molecule is NC(=O)c1nc(CC(F)(F)F)cnc1N. The fourth-order valence-corrected chi connectivity index (χ4v) is 0.907. The molecule has 4 N–H and O–H groups in total. The molecule has 0 bridgehead atoms. The molecule has 0 aliphatic heterocycles. The van der Waals surface area contributed by atoms with Crippen molar-refractivity contribution in [2.24, 2.45) is 5.73 Å². The van der Waals surface area contributed by atoms with Gasteiger partial charge in [0.25, 0.3) is 5.91 Å². The van der Waals surface area contributed by atoms with E-state index in [1.165, 1.54) is 0 Å². The molecule has 0 spiro atoms.